The molecule has 3 amide bonds. The molecule has 0 aliphatic rings. The normalized spacial score (nSPS) is 11.2. The summed E-state index contributed by atoms with van der Waals surface area (Å²) in [6.45, 7) is -0.590. The highest BCUT2D eigenvalue weighted by molar-refractivity contribution is 5.97. The lowest BCUT2D eigenvalue weighted by atomic mass is 10.0. The van der Waals surface area contributed by atoms with Gasteiger partial charge in [0.2, 0.25) is 5.91 Å². The second-order valence-corrected chi connectivity index (χ2v) is 7.30. The van der Waals surface area contributed by atoms with Crippen LogP contribution in [0.3, 0.4) is 0 Å². The van der Waals surface area contributed by atoms with Gasteiger partial charge in [0.25, 0.3) is 11.8 Å². The van der Waals surface area contributed by atoms with Gasteiger partial charge in [-0.05, 0) is 23.3 Å². The van der Waals surface area contributed by atoms with Crippen LogP contribution in [-0.2, 0) is 25.5 Å². The number of imide groups is 1. The van der Waals surface area contributed by atoms with Gasteiger partial charge in [-0.25, -0.2) is 0 Å². The van der Waals surface area contributed by atoms with E-state index in [1.165, 1.54) is 0 Å². The molecule has 168 valence electrons. The zero-order valence-electron chi connectivity index (χ0n) is 17.9. The second kappa shape index (κ2) is 12.0. The van der Waals surface area contributed by atoms with Crippen molar-refractivity contribution >= 4 is 23.7 Å². The summed E-state index contributed by atoms with van der Waals surface area (Å²) in [4.78, 5) is 48.9. The number of hydrogen-bond donors (Lipinski definition) is 2. The molecule has 0 radical (unpaired) electrons. The molecule has 0 fully saturated rings. The Balaban J connectivity index is 1.53. The Labute approximate surface area is 191 Å². The molecular weight excluding hydrogens is 420 g/mol. The highest BCUT2D eigenvalue weighted by Gasteiger charge is 2.21. The minimum atomic E-state index is -0.714. The van der Waals surface area contributed by atoms with Crippen molar-refractivity contribution in [3.8, 4) is 0 Å². The third-order valence-corrected chi connectivity index (χ3v) is 4.76. The third kappa shape index (κ3) is 7.74. The van der Waals surface area contributed by atoms with Crippen molar-refractivity contribution in [2.45, 2.75) is 18.9 Å². The van der Waals surface area contributed by atoms with Crippen molar-refractivity contribution in [3.63, 3.8) is 0 Å². The predicted molar refractivity (Wildman–Crippen MR) is 122 cm³/mol. The maximum Gasteiger partial charge on any atom is 0.308 e. The van der Waals surface area contributed by atoms with Gasteiger partial charge in [0.15, 0.2) is 6.61 Å². The van der Waals surface area contributed by atoms with Crippen LogP contribution in [0.5, 0.6) is 0 Å². The van der Waals surface area contributed by atoms with E-state index in [-0.39, 0.29) is 18.7 Å². The van der Waals surface area contributed by atoms with Crippen LogP contribution in [0.4, 0.5) is 0 Å². The summed E-state index contributed by atoms with van der Waals surface area (Å²) in [6.07, 6.45) is -0.129. The number of hydrogen-bond acceptors (Lipinski definition) is 5. The van der Waals surface area contributed by atoms with E-state index in [0.29, 0.717) is 5.56 Å². The molecule has 3 aromatic carbocycles. The van der Waals surface area contributed by atoms with E-state index in [9.17, 15) is 19.2 Å². The molecule has 2 N–H and O–H groups in total. The maximum absolute atomic E-state index is 12.6. The zero-order chi connectivity index (χ0) is 23.5. The van der Waals surface area contributed by atoms with Crippen LogP contribution in [0.15, 0.2) is 91.0 Å². The smallest absolute Gasteiger partial charge is 0.308 e. The Morgan fingerprint density at radius 2 is 1.30 bits per heavy atom. The van der Waals surface area contributed by atoms with E-state index < -0.39 is 30.4 Å². The Morgan fingerprint density at radius 1 is 0.727 bits per heavy atom. The minimum Gasteiger partial charge on any atom is -0.455 e. The van der Waals surface area contributed by atoms with E-state index in [0.717, 1.165) is 11.1 Å². The van der Waals surface area contributed by atoms with Crippen LogP contribution in [0.2, 0.25) is 0 Å². The first-order valence-corrected chi connectivity index (χ1v) is 10.4. The fraction of sp³-hybridized carbons (Fsp3) is 0.154. The number of esters is 1. The molecule has 0 aromatic heterocycles. The van der Waals surface area contributed by atoms with Gasteiger partial charge < -0.3 is 10.1 Å². The highest BCUT2D eigenvalue weighted by Crippen LogP contribution is 2.18. The van der Waals surface area contributed by atoms with Crippen molar-refractivity contribution in [1.82, 2.24) is 10.6 Å². The molecule has 33 heavy (non-hydrogen) atoms. The quantitative estimate of drug-likeness (QED) is 0.494. The van der Waals surface area contributed by atoms with Gasteiger partial charge in [-0.1, -0.05) is 78.9 Å². The van der Waals surface area contributed by atoms with E-state index in [1.807, 2.05) is 12.1 Å². The summed E-state index contributed by atoms with van der Waals surface area (Å²) in [5.41, 5.74) is 1.95. The minimum absolute atomic E-state index is 0.0438. The number of nitrogens with one attached hydrogen (secondary N) is 2. The Hall–Kier alpha value is -4.26. The summed E-state index contributed by atoms with van der Waals surface area (Å²) >= 11 is 0. The SMILES string of the molecule is O=C(COC(=O)C[C@H](NC(=O)c1ccccc1)c1ccccc1)NC(=O)Cc1ccccc1. The summed E-state index contributed by atoms with van der Waals surface area (Å²) in [6, 6.07) is 26.0. The predicted octanol–water partition coefficient (Wildman–Crippen LogP) is 2.98. The van der Waals surface area contributed by atoms with Gasteiger partial charge in [0.05, 0.1) is 18.9 Å². The lowest BCUT2D eigenvalue weighted by molar-refractivity contribution is -0.150. The van der Waals surface area contributed by atoms with Gasteiger partial charge in [0, 0.05) is 5.56 Å². The Morgan fingerprint density at radius 3 is 1.94 bits per heavy atom. The maximum atomic E-state index is 12.6. The second-order valence-electron chi connectivity index (χ2n) is 7.30. The molecule has 0 bridgehead atoms. The number of amides is 3. The average molecular weight is 444 g/mol. The summed E-state index contributed by atoms with van der Waals surface area (Å²) in [7, 11) is 0. The zero-order valence-corrected chi connectivity index (χ0v) is 17.9. The van der Waals surface area contributed by atoms with Crippen LogP contribution in [0.25, 0.3) is 0 Å². The van der Waals surface area contributed by atoms with Crippen LogP contribution in [0.1, 0.15) is 33.9 Å². The van der Waals surface area contributed by atoms with E-state index >= 15 is 0 Å². The van der Waals surface area contributed by atoms with E-state index in [2.05, 4.69) is 10.6 Å². The fourth-order valence-corrected chi connectivity index (χ4v) is 3.16. The summed E-state index contributed by atoms with van der Waals surface area (Å²) in [5.74, 6) is -2.21. The molecule has 0 saturated carbocycles. The first-order valence-electron chi connectivity index (χ1n) is 10.4. The van der Waals surface area contributed by atoms with Crippen LogP contribution in [0, 0.1) is 0 Å². The number of carbonyl (C=O) groups excluding carboxylic acids is 4. The molecule has 1 atom stereocenters. The summed E-state index contributed by atoms with van der Waals surface area (Å²) < 4.78 is 5.04. The lowest BCUT2D eigenvalue weighted by Gasteiger charge is -2.18. The molecule has 0 aliphatic heterocycles. The highest BCUT2D eigenvalue weighted by atomic mass is 16.5. The fourth-order valence-electron chi connectivity index (χ4n) is 3.16. The van der Waals surface area contributed by atoms with Crippen molar-refractivity contribution in [1.29, 1.82) is 0 Å². The molecule has 0 heterocycles. The average Bonchev–Trinajstić information content (AvgIpc) is 2.84. The van der Waals surface area contributed by atoms with Gasteiger partial charge in [-0.15, -0.1) is 0 Å². The molecule has 7 heteroatoms. The van der Waals surface area contributed by atoms with Gasteiger partial charge in [0.1, 0.15) is 0 Å². The molecular formula is C26H24N2O5. The molecule has 0 saturated heterocycles. The number of rotatable bonds is 9. The van der Waals surface area contributed by atoms with E-state index in [4.69, 9.17) is 4.74 Å². The number of ether oxygens (including phenoxy) is 1. The summed E-state index contributed by atoms with van der Waals surface area (Å²) in [5, 5.41) is 5.03. The first-order chi connectivity index (χ1) is 16.0. The molecule has 3 aromatic rings. The van der Waals surface area contributed by atoms with Crippen molar-refractivity contribution < 1.29 is 23.9 Å². The van der Waals surface area contributed by atoms with Crippen LogP contribution >= 0.6 is 0 Å². The largest absolute Gasteiger partial charge is 0.455 e. The third-order valence-electron chi connectivity index (χ3n) is 4.76. The van der Waals surface area contributed by atoms with Crippen molar-refractivity contribution in [2.24, 2.45) is 0 Å². The topological polar surface area (TPSA) is 102 Å². The lowest BCUT2D eigenvalue weighted by Crippen LogP contribution is -2.36. The van der Waals surface area contributed by atoms with Crippen LogP contribution < -0.4 is 10.6 Å². The van der Waals surface area contributed by atoms with E-state index in [1.54, 1.807) is 78.9 Å². The Bertz CT molecular complexity index is 1090. The standard InChI is InChI=1S/C26H24N2O5/c29-23(16-19-10-4-1-5-11-19)28-24(30)18-33-25(31)17-22(20-12-6-2-7-13-20)27-26(32)21-14-8-3-9-15-21/h1-15,22H,16-18H2,(H,27,32)(H,28,29,30)/t22-/m0/s1. The molecule has 0 spiro atoms. The number of carbonyl (C=O) groups is 4. The first kappa shape index (κ1) is 23.4. The molecule has 7 nitrogen and oxygen atoms in total. The van der Waals surface area contributed by atoms with Gasteiger partial charge in [-0.3, -0.25) is 24.5 Å². The van der Waals surface area contributed by atoms with Gasteiger partial charge in [-0.2, -0.15) is 0 Å². The van der Waals surface area contributed by atoms with Crippen LogP contribution in [-0.4, -0.2) is 30.3 Å². The molecule has 0 unspecified atom stereocenters. The van der Waals surface area contributed by atoms with Crippen molar-refractivity contribution in [3.05, 3.63) is 108 Å². The Kier molecular flexibility index (Phi) is 8.48. The number of benzene rings is 3. The molecule has 0 aliphatic carbocycles. The molecule has 3 rings (SSSR count). The monoisotopic (exact) mass is 444 g/mol. The van der Waals surface area contributed by atoms with Gasteiger partial charge >= 0.3 is 5.97 Å². The van der Waals surface area contributed by atoms with Crippen molar-refractivity contribution in [2.75, 3.05) is 6.61 Å².